The Morgan fingerprint density at radius 2 is 1.63 bits per heavy atom. The molecular formula is C22H26N2O2S. The molecule has 0 spiro atoms. The molecule has 0 bridgehead atoms. The van der Waals surface area contributed by atoms with Crippen molar-refractivity contribution in [1.29, 1.82) is 0 Å². The third-order valence-electron chi connectivity index (χ3n) is 4.12. The van der Waals surface area contributed by atoms with Gasteiger partial charge in [0.25, 0.3) is 0 Å². The summed E-state index contributed by atoms with van der Waals surface area (Å²) >= 11 is 5.46. The molecule has 2 rings (SSSR count). The fraction of sp³-hybridized carbons (Fsp3) is 0.273. The Balaban J connectivity index is 2.03. The van der Waals surface area contributed by atoms with Crippen molar-refractivity contribution < 1.29 is 9.90 Å². The topological polar surface area (TPSA) is 52.6 Å². The van der Waals surface area contributed by atoms with Gasteiger partial charge in [-0.3, -0.25) is 10.1 Å². The second-order valence-corrected chi connectivity index (χ2v) is 6.84. The summed E-state index contributed by atoms with van der Waals surface area (Å²) in [5.41, 5.74) is 4.21. The Kier molecular flexibility index (Phi) is 8.17. The number of aryl methyl sites for hydroxylation is 2. The summed E-state index contributed by atoms with van der Waals surface area (Å²) in [6.07, 6.45) is 4.71. The van der Waals surface area contributed by atoms with E-state index in [9.17, 15) is 4.79 Å². The number of hydrogen-bond donors (Lipinski definition) is 2. The van der Waals surface area contributed by atoms with E-state index in [1.54, 1.807) is 6.08 Å². The van der Waals surface area contributed by atoms with Gasteiger partial charge in [-0.2, -0.15) is 0 Å². The SMILES string of the molecule is Cc1ccc(/C=C/C(=O)NC(=S)N(CCCCO)c2ccc(C)cc2)cc1. The van der Waals surface area contributed by atoms with Crippen LogP contribution in [0.5, 0.6) is 0 Å². The lowest BCUT2D eigenvalue weighted by Gasteiger charge is -2.25. The average Bonchev–Trinajstić information content (AvgIpc) is 2.66. The molecule has 4 nitrogen and oxygen atoms in total. The van der Waals surface area contributed by atoms with Crippen LogP contribution in [0, 0.1) is 13.8 Å². The summed E-state index contributed by atoms with van der Waals surface area (Å²) in [4.78, 5) is 14.2. The number of aliphatic hydroxyl groups excluding tert-OH is 1. The van der Waals surface area contributed by atoms with Crippen molar-refractivity contribution in [3.63, 3.8) is 0 Å². The molecule has 0 aliphatic heterocycles. The van der Waals surface area contributed by atoms with E-state index >= 15 is 0 Å². The normalized spacial score (nSPS) is 10.8. The molecular weight excluding hydrogens is 356 g/mol. The van der Waals surface area contributed by atoms with Crippen molar-refractivity contribution in [2.24, 2.45) is 0 Å². The van der Waals surface area contributed by atoms with Crippen LogP contribution in [0.3, 0.4) is 0 Å². The summed E-state index contributed by atoms with van der Waals surface area (Å²) < 4.78 is 0. The molecule has 1 amide bonds. The third kappa shape index (κ3) is 6.96. The number of amides is 1. The van der Waals surface area contributed by atoms with E-state index in [0.29, 0.717) is 18.1 Å². The number of aliphatic hydroxyl groups is 1. The van der Waals surface area contributed by atoms with Crippen LogP contribution in [0.2, 0.25) is 0 Å². The van der Waals surface area contributed by atoms with Crippen LogP contribution < -0.4 is 10.2 Å². The zero-order chi connectivity index (χ0) is 19.6. The second kappa shape index (κ2) is 10.6. The lowest BCUT2D eigenvalue weighted by atomic mass is 10.1. The summed E-state index contributed by atoms with van der Waals surface area (Å²) in [6, 6.07) is 15.9. The van der Waals surface area contributed by atoms with Gasteiger partial charge in [-0.05, 0) is 62.7 Å². The number of nitrogens with zero attached hydrogens (tertiary/aromatic N) is 1. The predicted molar refractivity (Wildman–Crippen MR) is 116 cm³/mol. The first-order chi connectivity index (χ1) is 13.0. The maximum absolute atomic E-state index is 12.3. The number of thiocarbonyl (C=S) groups is 1. The second-order valence-electron chi connectivity index (χ2n) is 6.46. The average molecular weight is 383 g/mol. The molecule has 2 aromatic rings. The number of anilines is 1. The van der Waals surface area contributed by atoms with Crippen LogP contribution in [-0.2, 0) is 4.79 Å². The van der Waals surface area contributed by atoms with Gasteiger partial charge in [-0.25, -0.2) is 0 Å². The van der Waals surface area contributed by atoms with Crippen LogP contribution in [0.1, 0.15) is 29.5 Å². The van der Waals surface area contributed by atoms with Crippen molar-refractivity contribution in [3.05, 3.63) is 71.3 Å². The minimum Gasteiger partial charge on any atom is -0.396 e. The van der Waals surface area contributed by atoms with Crippen molar-refractivity contribution in [2.45, 2.75) is 26.7 Å². The quantitative estimate of drug-likeness (QED) is 0.432. The van der Waals surface area contributed by atoms with Crippen LogP contribution in [-0.4, -0.2) is 29.3 Å². The van der Waals surface area contributed by atoms with E-state index < -0.39 is 0 Å². The number of hydrogen-bond acceptors (Lipinski definition) is 3. The van der Waals surface area contributed by atoms with E-state index in [0.717, 1.165) is 23.2 Å². The van der Waals surface area contributed by atoms with Gasteiger partial charge in [-0.15, -0.1) is 0 Å². The number of nitrogens with one attached hydrogen (secondary N) is 1. The highest BCUT2D eigenvalue weighted by molar-refractivity contribution is 7.80. The standard InChI is InChI=1S/C22H26N2O2S/c1-17-5-9-19(10-6-17)11-14-21(26)23-22(27)24(15-3-4-16-25)20-12-7-18(2)8-13-20/h5-14,25H,3-4,15-16H2,1-2H3,(H,23,26,27)/b14-11+. The number of carbonyl (C=O) groups is 1. The van der Waals surface area contributed by atoms with E-state index in [-0.39, 0.29) is 12.5 Å². The molecule has 0 heterocycles. The maximum atomic E-state index is 12.3. The van der Waals surface area contributed by atoms with Gasteiger partial charge in [0.15, 0.2) is 5.11 Å². The lowest BCUT2D eigenvalue weighted by Crippen LogP contribution is -2.42. The summed E-state index contributed by atoms with van der Waals surface area (Å²) in [7, 11) is 0. The molecule has 0 aliphatic carbocycles. The van der Waals surface area contributed by atoms with E-state index in [2.05, 4.69) is 5.32 Å². The first-order valence-corrected chi connectivity index (χ1v) is 9.45. The van der Waals surface area contributed by atoms with Crippen LogP contribution in [0.4, 0.5) is 5.69 Å². The molecule has 0 fully saturated rings. The summed E-state index contributed by atoms with van der Waals surface area (Å²) in [5.74, 6) is -0.264. The summed E-state index contributed by atoms with van der Waals surface area (Å²) in [5, 5.41) is 12.2. The molecule has 27 heavy (non-hydrogen) atoms. The number of unbranched alkanes of at least 4 members (excludes halogenated alkanes) is 1. The van der Waals surface area contributed by atoms with Crippen molar-refractivity contribution in [2.75, 3.05) is 18.1 Å². The van der Waals surface area contributed by atoms with Gasteiger partial charge in [0, 0.05) is 24.9 Å². The van der Waals surface area contributed by atoms with Gasteiger partial charge in [0.05, 0.1) is 0 Å². The molecule has 5 heteroatoms. The van der Waals surface area contributed by atoms with E-state index in [1.165, 1.54) is 11.6 Å². The summed E-state index contributed by atoms with van der Waals surface area (Å²) in [6.45, 7) is 4.81. The first kappa shape index (κ1) is 20.8. The minimum atomic E-state index is -0.264. The molecule has 0 aliphatic rings. The molecule has 0 saturated carbocycles. The highest BCUT2D eigenvalue weighted by Crippen LogP contribution is 2.16. The molecule has 0 unspecified atom stereocenters. The van der Waals surface area contributed by atoms with Gasteiger partial charge in [0.2, 0.25) is 5.91 Å². The molecule has 142 valence electrons. The van der Waals surface area contributed by atoms with E-state index in [4.69, 9.17) is 17.3 Å². The third-order valence-corrected chi connectivity index (χ3v) is 4.44. The minimum absolute atomic E-state index is 0.139. The number of benzene rings is 2. The predicted octanol–water partition coefficient (Wildman–Crippen LogP) is 4.00. The fourth-order valence-corrected chi connectivity index (χ4v) is 2.82. The Morgan fingerprint density at radius 3 is 2.22 bits per heavy atom. The molecule has 0 aromatic heterocycles. The lowest BCUT2D eigenvalue weighted by molar-refractivity contribution is -0.115. The van der Waals surface area contributed by atoms with E-state index in [1.807, 2.05) is 67.3 Å². The molecule has 0 radical (unpaired) electrons. The smallest absolute Gasteiger partial charge is 0.250 e. The van der Waals surface area contributed by atoms with Crippen molar-refractivity contribution >= 4 is 35.0 Å². The Hall–Kier alpha value is -2.50. The zero-order valence-electron chi connectivity index (χ0n) is 15.8. The molecule has 2 N–H and O–H groups in total. The van der Waals surface area contributed by atoms with Crippen LogP contribution in [0.15, 0.2) is 54.6 Å². The number of rotatable bonds is 7. The van der Waals surface area contributed by atoms with Gasteiger partial charge in [-0.1, -0.05) is 47.5 Å². The first-order valence-electron chi connectivity index (χ1n) is 9.04. The highest BCUT2D eigenvalue weighted by atomic mass is 32.1. The largest absolute Gasteiger partial charge is 0.396 e. The fourth-order valence-electron chi connectivity index (χ4n) is 2.52. The Labute approximate surface area is 166 Å². The Bertz CT molecular complexity index is 783. The highest BCUT2D eigenvalue weighted by Gasteiger charge is 2.13. The van der Waals surface area contributed by atoms with Gasteiger partial charge in [0.1, 0.15) is 0 Å². The Morgan fingerprint density at radius 1 is 1.04 bits per heavy atom. The van der Waals surface area contributed by atoms with Crippen LogP contribution in [0.25, 0.3) is 6.08 Å². The maximum Gasteiger partial charge on any atom is 0.250 e. The molecule has 0 saturated heterocycles. The molecule has 2 aromatic carbocycles. The monoisotopic (exact) mass is 382 g/mol. The van der Waals surface area contributed by atoms with Crippen LogP contribution >= 0.6 is 12.2 Å². The van der Waals surface area contributed by atoms with Gasteiger partial charge >= 0.3 is 0 Å². The van der Waals surface area contributed by atoms with Crippen molar-refractivity contribution in [3.8, 4) is 0 Å². The number of carbonyl (C=O) groups excluding carboxylic acids is 1. The zero-order valence-corrected chi connectivity index (χ0v) is 16.6. The molecule has 0 atom stereocenters. The van der Waals surface area contributed by atoms with Crippen molar-refractivity contribution in [1.82, 2.24) is 5.32 Å². The van der Waals surface area contributed by atoms with Gasteiger partial charge < -0.3 is 10.0 Å².